The third kappa shape index (κ3) is 4.77. The Morgan fingerprint density at radius 2 is 1.77 bits per heavy atom. The lowest BCUT2D eigenvalue weighted by Gasteiger charge is -2.19. The zero-order chi connectivity index (χ0) is 21.8. The van der Waals surface area contributed by atoms with Gasteiger partial charge in [-0.05, 0) is 48.0 Å². The van der Waals surface area contributed by atoms with Gasteiger partial charge < -0.3 is 14.4 Å². The number of sulfonamides is 1. The Balaban J connectivity index is 1.51. The summed E-state index contributed by atoms with van der Waals surface area (Å²) in [6, 6.07) is 14.5. The maximum Gasteiger partial charge on any atom is 0.262 e. The normalized spacial score (nSPS) is 12.8. The number of hydrogen-bond acceptors (Lipinski definition) is 6. The molecule has 2 aromatic carbocycles. The summed E-state index contributed by atoms with van der Waals surface area (Å²) in [5.41, 5.74) is 1.61. The van der Waals surface area contributed by atoms with Crippen LogP contribution in [0.5, 0.6) is 11.5 Å². The molecule has 31 heavy (non-hydrogen) atoms. The van der Waals surface area contributed by atoms with E-state index in [0.717, 1.165) is 5.56 Å². The van der Waals surface area contributed by atoms with E-state index in [1.165, 1.54) is 18.2 Å². The number of pyridine rings is 1. The fourth-order valence-electron chi connectivity index (χ4n) is 3.17. The molecule has 1 aliphatic heterocycles. The van der Waals surface area contributed by atoms with Gasteiger partial charge in [-0.3, -0.25) is 14.5 Å². The molecule has 1 aromatic heterocycles. The lowest BCUT2D eigenvalue weighted by atomic mass is 10.1. The van der Waals surface area contributed by atoms with E-state index in [0.29, 0.717) is 36.8 Å². The minimum absolute atomic E-state index is 0.0447. The van der Waals surface area contributed by atoms with Gasteiger partial charge in [0.15, 0.2) is 11.5 Å². The average molecular weight is 439 g/mol. The number of nitrogens with zero attached hydrogens (tertiary/aromatic N) is 2. The number of hydrogen-bond donors (Lipinski definition) is 1. The number of aromatic nitrogens is 1. The molecule has 0 saturated heterocycles. The Morgan fingerprint density at radius 3 is 2.55 bits per heavy atom. The second-order valence-corrected chi connectivity index (χ2v) is 8.69. The van der Waals surface area contributed by atoms with Gasteiger partial charge in [0.05, 0.1) is 4.90 Å². The molecule has 1 amide bonds. The van der Waals surface area contributed by atoms with Crippen LogP contribution in [0, 0.1) is 0 Å². The topological polar surface area (TPSA) is 97.8 Å². The van der Waals surface area contributed by atoms with E-state index >= 15 is 0 Å². The first kappa shape index (κ1) is 20.7. The molecular weight excluding hydrogens is 418 g/mol. The average Bonchev–Trinajstić information content (AvgIpc) is 2.78. The van der Waals surface area contributed by atoms with Crippen LogP contribution in [-0.4, -0.2) is 44.5 Å². The summed E-state index contributed by atoms with van der Waals surface area (Å²) in [6.45, 7) is 1.20. The first-order valence-electron chi connectivity index (χ1n) is 9.59. The van der Waals surface area contributed by atoms with Gasteiger partial charge in [-0.15, -0.1) is 0 Å². The van der Waals surface area contributed by atoms with Gasteiger partial charge in [-0.1, -0.05) is 6.07 Å². The molecule has 0 aliphatic carbocycles. The predicted octanol–water partition coefficient (Wildman–Crippen LogP) is 2.93. The highest BCUT2D eigenvalue weighted by atomic mass is 32.2. The van der Waals surface area contributed by atoms with Gasteiger partial charge in [0, 0.05) is 43.3 Å². The molecule has 4 rings (SSSR count). The Hall–Kier alpha value is -3.59. The summed E-state index contributed by atoms with van der Waals surface area (Å²) in [6.07, 6.45) is 3.34. The van der Waals surface area contributed by atoms with Crippen molar-refractivity contribution in [2.24, 2.45) is 0 Å². The van der Waals surface area contributed by atoms with Crippen molar-refractivity contribution in [2.45, 2.75) is 11.4 Å². The number of nitrogens with one attached hydrogen (secondary N) is 1. The summed E-state index contributed by atoms with van der Waals surface area (Å²) in [5.74, 6) is 0.669. The molecule has 3 aromatic rings. The third-order valence-electron chi connectivity index (χ3n) is 4.70. The minimum Gasteiger partial charge on any atom is -0.486 e. The number of carbonyl (C=O) groups excluding carboxylic acids is 1. The molecule has 2 heterocycles. The minimum atomic E-state index is -3.88. The third-order valence-corrected chi connectivity index (χ3v) is 6.08. The van der Waals surface area contributed by atoms with Crippen molar-refractivity contribution < 1.29 is 22.7 Å². The number of fused-ring (bicyclic) bond motifs is 1. The standard InChI is InChI=1S/C22H21N3O5S/c1-25(15-16-7-9-23-10-8-16)22(26)17-3-2-4-18(13-17)24-31(27,28)19-5-6-20-21(14-19)30-12-11-29-20/h2-10,13-14,24H,11-12,15H2,1H3. The van der Waals surface area contributed by atoms with Gasteiger partial charge in [0.1, 0.15) is 13.2 Å². The number of benzene rings is 2. The molecule has 0 spiro atoms. The van der Waals surface area contributed by atoms with Gasteiger partial charge in [-0.25, -0.2) is 8.42 Å². The molecule has 1 aliphatic rings. The van der Waals surface area contributed by atoms with Gasteiger partial charge >= 0.3 is 0 Å². The van der Waals surface area contributed by atoms with Crippen molar-refractivity contribution >= 4 is 21.6 Å². The van der Waals surface area contributed by atoms with E-state index in [4.69, 9.17) is 9.47 Å². The van der Waals surface area contributed by atoms with Crippen LogP contribution >= 0.6 is 0 Å². The van der Waals surface area contributed by atoms with Crippen LogP contribution in [0.4, 0.5) is 5.69 Å². The summed E-state index contributed by atoms with van der Waals surface area (Å²) in [5, 5.41) is 0. The summed E-state index contributed by atoms with van der Waals surface area (Å²) < 4.78 is 39.1. The Kier molecular flexibility index (Phi) is 5.77. The number of amides is 1. The summed E-state index contributed by atoms with van der Waals surface area (Å²) in [4.78, 5) is 18.4. The highest BCUT2D eigenvalue weighted by Gasteiger charge is 2.20. The molecule has 1 N–H and O–H groups in total. The fourth-order valence-corrected chi connectivity index (χ4v) is 4.24. The van der Waals surface area contributed by atoms with Crippen LogP contribution in [-0.2, 0) is 16.6 Å². The van der Waals surface area contributed by atoms with E-state index in [9.17, 15) is 13.2 Å². The van der Waals surface area contributed by atoms with Crippen LogP contribution in [0.1, 0.15) is 15.9 Å². The Morgan fingerprint density at radius 1 is 1.03 bits per heavy atom. The van der Waals surface area contributed by atoms with Crippen LogP contribution in [0.25, 0.3) is 0 Å². The lowest BCUT2D eigenvalue weighted by Crippen LogP contribution is -2.26. The summed E-state index contributed by atoms with van der Waals surface area (Å²) in [7, 11) is -2.19. The van der Waals surface area contributed by atoms with Crippen molar-refractivity contribution in [3.8, 4) is 11.5 Å². The fraction of sp³-hybridized carbons (Fsp3) is 0.182. The molecule has 9 heteroatoms. The molecular formula is C22H21N3O5S. The molecule has 0 fully saturated rings. The van der Waals surface area contributed by atoms with E-state index in [2.05, 4.69) is 9.71 Å². The van der Waals surface area contributed by atoms with Crippen molar-refractivity contribution in [2.75, 3.05) is 25.0 Å². The molecule has 0 unspecified atom stereocenters. The highest BCUT2D eigenvalue weighted by Crippen LogP contribution is 2.32. The molecule has 0 bridgehead atoms. The molecule has 0 radical (unpaired) electrons. The molecule has 0 atom stereocenters. The first-order valence-corrected chi connectivity index (χ1v) is 11.1. The first-order chi connectivity index (χ1) is 14.9. The van der Waals surface area contributed by atoms with E-state index < -0.39 is 10.0 Å². The van der Waals surface area contributed by atoms with Crippen molar-refractivity contribution in [3.05, 3.63) is 78.1 Å². The maximum atomic E-state index is 12.8. The van der Waals surface area contributed by atoms with Gasteiger partial charge in [0.25, 0.3) is 15.9 Å². The van der Waals surface area contributed by atoms with Crippen LogP contribution in [0.15, 0.2) is 71.9 Å². The van der Waals surface area contributed by atoms with E-state index in [-0.39, 0.29) is 16.5 Å². The SMILES string of the molecule is CN(Cc1ccncc1)C(=O)c1cccc(NS(=O)(=O)c2ccc3c(c2)OCCO3)c1. The second kappa shape index (κ2) is 8.65. The van der Waals surface area contributed by atoms with Crippen molar-refractivity contribution in [3.63, 3.8) is 0 Å². The smallest absolute Gasteiger partial charge is 0.262 e. The van der Waals surface area contributed by atoms with Gasteiger partial charge in [0.2, 0.25) is 0 Å². The van der Waals surface area contributed by atoms with E-state index in [1.54, 1.807) is 48.6 Å². The number of anilines is 1. The largest absolute Gasteiger partial charge is 0.486 e. The Bertz CT molecular complexity index is 1200. The summed E-state index contributed by atoms with van der Waals surface area (Å²) >= 11 is 0. The number of ether oxygens (including phenoxy) is 2. The monoisotopic (exact) mass is 439 g/mol. The van der Waals surface area contributed by atoms with Gasteiger partial charge in [-0.2, -0.15) is 0 Å². The maximum absolute atomic E-state index is 12.8. The second-order valence-electron chi connectivity index (χ2n) is 7.01. The lowest BCUT2D eigenvalue weighted by molar-refractivity contribution is 0.0785. The van der Waals surface area contributed by atoms with Crippen LogP contribution in [0.3, 0.4) is 0 Å². The zero-order valence-corrected chi connectivity index (χ0v) is 17.6. The number of rotatable bonds is 6. The highest BCUT2D eigenvalue weighted by molar-refractivity contribution is 7.92. The Labute approximate surface area is 180 Å². The molecule has 160 valence electrons. The zero-order valence-electron chi connectivity index (χ0n) is 16.8. The van der Waals surface area contributed by atoms with E-state index in [1.807, 2.05) is 12.1 Å². The van der Waals surface area contributed by atoms with Crippen LogP contribution in [0.2, 0.25) is 0 Å². The molecule has 8 nitrogen and oxygen atoms in total. The number of carbonyl (C=O) groups is 1. The molecule has 0 saturated carbocycles. The van der Waals surface area contributed by atoms with Crippen molar-refractivity contribution in [1.82, 2.24) is 9.88 Å². The quantitative estimate of drug-likeness (QED) is 0.634. The van der Waals surface area contributed by atoms with Crippen LogP contribution < -0.4 is 14.2 Å². The van der Waals surface area contributed by atoms with Crippen molar-refractivity contribution in [1.29, 1.82) is 0 Å². The predicted molar refractivity (Wildman–Crippen MR) is 115 cm³/mol.